The molecule has 0 aliphatic carbocycles. The van der Waals surface area contributed by atoms with Gasteiger partial charge in [-0.05, 0) is 42.9 Å². The van der Waals surface area contributed by atoms with E-state index in [1.165, 1.54) is 0 Å². The summed E-state index contributed by atoms with van der Waals surface area (Å²) < 4.78 is 0. The van der Waals surface area contributed by atoms with E-state index in [4.69, 9.17) is 0 Å². The van der Waals surface area contributed by atoms with Gasteiger partial charge < -0.3 is 0 Å². The van der Waals surface area contributed by atoms with Gasteiger partial charge in [-0.25, -0.2) is 0 Å². The summed E-state index contributed by atoms with van der Waals surface area (Å²) in [6.07, 6.45) is 1.89. The van der Waals surface area contributed by atoms with Crippen LogP contribution in [0.2, 0.25) is 0 Å². The Labute approximate surface area is 167 Å². The van der Waals surface area contributed by atoms with E-state index in [-0.39, 0.29) is 11.6 Å². The summed E-state index contributed by atoms with van der Waals surface area (Å²) in [4.78, 5) is 26.4. The predicted molar refractivity (Wildman–Crippen MR) is 113 cm³/mol. The Bertz CT molecular complexity index is 857. The molecule has 0 heterocycles. The van der Waals surface area contributed by atoms with Crippen LogP contribution in [0.4, 0.5) is 0 Å². The molecule has 3 aromatic rings. The average Bonchev–Trinajstić information content (AvgIpc) is 2.73. The monoisotopic (exact) mass is 370 g/mol. The number of hydrogen-bond acceptors (Lipinski definition) is 2. The standard InChI is InChI=1S/C26H26O2/c1-21(27)26(19-23-13-7-3-8-14-23,20-24-15-9-4-10-16-24)25(28)18-17-22-11-5-2-6-12-22/h2-16H,17-20H2,1H3. The Kier molecular flexibility index (Phi) is 6.54. The number of rotatable bonds is 9. The first-order valence-electron chi connectivity index (χ1n) is 9.76. The lowest BCUT2D eigenvalue weighted by atomic mass is 9.69. The number of carbonyl (C=O) groups is 2. The fourth-order valence-corrected chi connectivity index (χ4v) is 3.74. The second-order valence-corrected chi connectivity index (χ2v) is 7.37. The Morgan fingerprint density at radius 2 is 1.04 bits per heavy atom. The fraction of sp³-hybridized carbons (Fsp3) is 0.231. The van der Waals surface area contributed by atoms with Gasteiger partial charge in [0.25, 0.3) is 0 Å². The van der Waals surface area contributed by atoms with Crippen LogP contribution in [0.25, 0.3) is 0 Å². The lowest BCUT2D eigenvalue weighted by Gasteiger charge is -2.30. The number of Topliss-reactive ketones (excluding diaryl/α,β-unsaturated/α-hetero) is 2. The zero-order chi connectivity index (χ0) is 19.8. The highest BCUT2D eigenvalue weighted by Crippen LogP contribution is 2.32. The quantitative estimate of drug-likeness (QED) is 0.482. The molecule has 0 aromatic heterocycles. The van der Waals surface area contributed by atoms with Gasteiger partial charge in [0.2, 0.25) is 0 Å². The van der Waals surface area contributed by atoms with Crippen LogP contribution in [0.1, 0.15) is 30.0 Å². The molecular formula is C26H26O2. The van der Waals surface area contributed by atoms with E-state index >= 15 is 0 Å². The van der Waals surface area contributed by atoms with Gasteiger partial charge in [-0.1, -0.05) is 91.0 Å². The summed E-state index contributed by atoms with van der Waals surface area (Å²) in [5, 5.41) is 0. The van der Waals surface area contributed by atoms with Gasteiger partial charge in [0.15, 0.2) is 0 Å². The largest absolute Gasteiger partial charge is 0.299 e. The zero-order valence-electron chi connectivity index (χ0n) is 16.3. The molecule has 3 rings (SSSR count). The number of hydrogen-bond donors (Lipinski definition) is 0. The average molecular weight is 370 g/mol. The molecule has 0 N–H and O–H groups in total. The molecule has 0 fully saturated rings. The maximum atomic E-state index is 13.5. The highest BCUT2D eigenvalue weighted by atomic mass is 16.2. The third-order valence-electron chi connectivity index (χ3n) is 5.39. The van der Waals surface area contributed by atoms with E-state index in [1.54, 1.807) is 6.92 Å². The van der Waals surface area contributed by atoms with Gasteiger partial charge in [-0.2, -0.15) is 0 Å². The van der Waals surface area contributed by atoms with Gasteiger partial charge in [0, 0.05) is 6.42 Å². The van der Waals surface area contributed by atoms with E-state index in [2.05, 4.69) is 0 Å². The Morgan fingerprint density at radius 1 is 0.643 bits per heavy atom. The molecule has 0 aliphatic heterocycles. The molecule has 0 spiro atoms. The van der Waals surface area contributed by atoms with Gasteiger partial charge in [0.05, 0.1) is 5.41 Å². The van der Waals surface area contributed by atoms with Crippen molar-refractivity contribution in [3.05, 3.63) is 108 Å². The molecule has 0 aliphatic rings. The van der Waals surface area contributed by atoms with Gasteiger partial charge >= 0.3 is 0 Å². The molecular weight excluding hydrogens is 344 g/mol. The van der Waals surface area contributed by atoms with Crippen LogP contribution in [0.15, 0.2) is 91.0 Å². The number of benzene rings is 3. The molecule has 0 saturated heterocycles. The summed E-state index contributed by atoms with van der Waals surface area (Å²) in [7, 11) is 0. The minimum Gasteiger partial charge on any atom is -0.299 e. The van der Waals surface area contributed by atoms with Crippen LogP contribution in [-0.2, 0) is 28.9 Å². The summed E-state index contributed by atoms with van der Waals surface area (Å²) in [6, 6.07) is 29.7. The lowest BCUT2D eigenvalue weighted by molar-refractivity contribution is -0.139. The molecule has 0 bridgehead atoms. The molecule has 2 heteroatoms. The normalized spacial score (nSPS) is 11.2. The van der Waals surface area contributed by atoms with E-state index in [0.717, 1.165) is 16.7 Å². The van der Waals surface area contributed by atoms with E-state index in [0.29, 0.717) is 25.7 Å². The SMILES string of the molecule is CC(=O)C(Cc1ccccc1)(Cc1ccccc1)C(=O)CCc1ccccc1. The number of aryl methyl sites for hydroxylation is 1. The molecule has 142 valence electrons. The molecule has 2 nitrogen and oxygen atoms in total. The Morgan fingerprint density at radius 3 is 1.43 bits per heavy atom. The highest BCUT2D eigenvalue weighted by Gasteiger charge is 2.42. The molecule has 0 amide bonds. The maximum absolute atomic E-state index is 13.5. The van der Waals surface area contributed by atoms with Crippen LogP contribution in [0, 0.1) is 5.41 Å². The van der Waals surface area contributed by atoms with Crippen molar-refractivity contribution in [2.24, 2.45) is 5.41 Å². The van der Waals surface area contributed by atoms with Crippen LogP contribution < -0.4 is 0 Å². The second kappa shape index (κ2) is 9.27. The first-order valence-corrected chi connectivity index (χ1v) is 9.76. The summed E-state index contributed by atoms with van der Waals surface area (Å²) in [6.45, 7) is 1.56. The molecule has 0 saturated carbocycles. The van der Waals surface area contributed by atoms with Crippen molar-refractivity contribution < 1.29 is 9.59 Å². The van der Waals surface area contributed by atoms with E-state index < -0.39 is 5.41 Å². The van der Waals surface area contributed by atoms with Crippen LogP contribution in [0.5, 0.6) is 0 Å². The van der Waals surface area contributed by atoms with Crippen molar-refractivity contribution in [3.63, 3.8) is 0 Å². The van der Waals surface area contributed by atoms with E-state index in [9.17, 15) is 9.59 Å². The summed E-state index contributed by atoms with van der Waals surface area (Å²) in [5.74, 6) is -0.0326. The third kappa shape index (κ3) is 4.83. The van der Waals surface area contributed by atoms with Crippen LogP contribution in [0.3, 0.4) is 0 Å². The van der Waals surface area contributed by atoms with Gasteiger partial charge in [-0.15, -0.1) is 0 Å². The van der Waals surface area contributed by atoms with Crippen molar-refractivity contribution in [2.45, 2.75) is 32.6 Å². The minimum atomic E-state index is -1.03. The first kappa shape index (κ1) is 19.8. The smallest absolute Gasteiger partial charge is 0.147 e. The van der Waals surface area contributed by atoms with Crippen molar-refractivity contribution in [2.75, 3.05) is 0 Å². The van der Waals surface area contributed by atoms with Crippen molar-refractivity contribution in [3.8, 4) is 0 Å². The highest BCUT2D eigenvalue weighted by molar-refractivity contribution is 6.06. The van der Waals surface area contributed by atoms with Crippen LogP contribution in [-0.4, -0.2) is 11.6 Å². The van der Waals surface area contributed by atoms with E-state index in [1.807, 2.05) is 91.0 Å². The van der Waals surface area contributed by atoms with Gasteiger partial charge in [0.1, 0.15) is 11.6 Å². The van der Waals surface area contributed by atoms with Crippen molar-refractivity contribution in [1.29, 1.82) is 0 Å². The summed E-state index contributed by atoms with van der Waals surface area (Å²) in [5.41, 5.74) is 2.12. The molecule has 0 atom stereocenters. The van der Waals surface area contributed by atoms with Gasteiger partial charge in [-0.3, -0.25) is 9.59 Å². The Balaban J connectivity index is 1.91. The minimum absolute atomic E-state index is 0.0246. The van der Waals surface area contributed by atoms with Crippen LogP contribution >= 0.6 is 0 Å². The molecule has 0 unspecified atom stereocenters. The first-order chi connectivity index (χ1) is 13.6. The summed E-state index contributed by atoms with van der Waals surface area (Å²) >= 11 is 0. The molecule has 3 aromatic carbocycles. The fourth-order valence-electron chi connectivity index (χ4n) is 3.74. The second-order valence-electron chi connectivity index (χ2n) is 7.37. The predicted octanol–water partition coefficient (Wildman–Crippen LogP) is 5.25. The topological polar surface area (TPSA) is 34.1 Å². The lowest BCUT2D eigenvalue weighted by Crippen LogP contribution is -2.42. The van der Waals surface area contributed by atoms with Crippen molar-refractivity contribution in [1.82, 2.24) is 0 Å². The third-order valence-corrected chi connectivity index (χ3v) is 5.39. The Hall–Kier alpha value is -3.00. The molecule has 28 heavy (non-hydrogen) atoms. The van der Waals surface area contributed by atoms with Crippen molar-refractivity contribution >= 4 is 11.6 Å². The molecule has 0 radical (unpaired) electrons. The number of carbonyl (C=O) groups excluding carboxylic acids is 2. The maximum Gasteiger partial charge on any atom is 0.147 e. The zero-order valence-corrected chi connectivity index (χ0v) is 16.3. The number of ketones is 2.